The van der Waals surface area contributed by atoms with Crippen molar-refractivity contribution >= 4 is 5.82 Å². The SMILES string of the molecule is CCCCn1nc(NCc2ccccc2OC)cc1C. The number of methoxy groups -OCH3 is 1. The number of aromatic nitrogens is 2. The number of hydrogen-bond acceptors (Lipinski definition) is 3. The fourth-order valence-corrected chi connectivity index (χ4v) is 2.17. The monoisotopic (exact) mass is 273 g/mol. The number of hydrogen-bond donors (Lipinski definition) is 1. The van der Waals surface area contributed by atoms with Gasteiger partial charge in [0.05, 0.1) is 7.11 Å². The molecule has 0 atom stereocenters. The van der Waals surface area contributed by atoms with Gasteiger partial charge in [0.1, 0.15) is 11.6 Å². The van der Waals surface area contributed by atoms with Crippen LogP contribution >= 0.6 is 0 Å². The van der Waals surface area contributed by atoms with Gasteiger partial charge in [0.15, 0.2) is 0 Å². The molecule has 1 aromatic carbocycles. The van der Waals surface area contributed by atoms with E-state index in [2.05, 4.69) is 41.1 Å². The summed E-state index contributed by atoms with van der Waals surface area (Å²) < 4.78 is 7.41. The van der Waals surface area contributed by atoms with Crippen LogP contribution in [0.1, 0.15) is 31.0 Å². The first-order chi connectivity index (χ1) is 9.74. The predicted octanol–water partition coefficient (Wildman–Crippen LogP) is 3.61. The lowest BCUT2D eigenvalue weighted by atomic mass is 10.2. The fourth-order valence-electron chi connectivity index (χ4n) is 2.17. The van der Waals surface area contributed by atoms with Crippen molar-refractivity contribution in [2.75, 3.05) is 12.4 Å². The molecule has 4 nitrogen and oxygen atoms in total. The number of benzene rings is 1. The van der Waals surface area contributed by atoms with Gasteiger partial charge in [0.25, 0.3) is 0 Å². The van der Waals surface area contributed by atoms with Crippen LogP contribution in [-0.4, -0.2) is 16.9 Å². The van der Waals surface area contributed by atoms with E-state index in [1.54, 1.807) is 7.11 Å². The summed E-state index contributed by atoms with van der Waals surface area (Å²) in [7, 11) is 1.70. The molecule has 2 aromatic rings. The average Bonchev–Trinajstić information content (AvgIpc) is 2.83. The molecule has 0 bridgehead atoms. The second kappa shape index (κ2) is 6.98. The molecule has 0 aliphatic rings. The van der Waals surface area contributed by atoms with Crippen molar-refractivity contribution in [1.82, 2.24) is 9.78 Å². The molecular weight excluding hydrogens is 250 g/mol. The number of aryl methyl sites for hydroxylation is 2. The minimum absolute atomic E-state index is 0.717. The average molecular weight is 273 g/mol. The second-order valence-electron chi connectivity index (χ2n) is 4.91. The van der Waals surface area contributed by atoms with Crippen LogP contribution < -0.4 is 10.1 Å². The highest BCUT2D eigenvalue weighted by atomic mass is 16.5. The number of nitrogens with one attached hydrogen (secondary N) is 1. The van der Waals surface area contributed by atoms with Crippen LogP contribution in [0, 0.1) is 6.92 Å². The third-order valence-corrected chi connectivity index (χ3v) is 3.36. The van der Waals surface area contributed by atoms with Crippen molar-refractivity contribution < 1.29 is 4.74 Å². The molecule has 0 amide bonds. The third-order valence-electron chi connectivity index (χ3n) is 3.36. The van der Waals surface area contributed by atoms with Gasteiger partial charge < -0.3 is 10.1 Å². The summed E-state index contributed by atoms with van der Waals surface area (Å²) in [4.78, 5) is 0. The summed E-state index contributed by atoms with van der Waals surface area (Å²) >= 11 is 0. The number of unbranched alkanes of at least 4 members (excludes halogenated alkanes) is 1. The first kappa shape index (κ1) is 14.4. The molecule has 0 aliphatic carbocycles. The Labute approximate surface area is 120 Å². The molecule has 0 spiro atoms. The highest BCUT2D eigenvalue weighted by molar-refractivity contribution is 5.40. The summed E-state index contributed by atoms with van der Waals surface area (Å²) in [6, 6.07) is 10.1. The highest BCUT2D eigenvalue weighted by Crippen LogP contribution is 2.19. The number of anilines is 1. The molecule has 1 aromatic heterocycles. The molecule has 0 fully saturated rings. The third kappa shape index (κ3) is 3.53. The fraction of sp³-hybridized carbons (Fsp3) is 0.438. The Hall–Kier alpha value is -1.97. The summed E-state index contributed by atoms with van der Waals surface area (Å²) in [5.41, 5.74) is 2.33. The van der Waals surface area contributed by atoms with E-state index >= 15 is 0 Å². The molecule has 4 heteroatoms. The van der Waals surface area contributed by atoms with Crippen LogP contribution in [0.15, 0.2) is 30.3 Å². The van der Waals surface area contributed by atoms with Gasteiger partial charge in [0, 0.05) is 30.4 Å². The Bertz CT molecular complexity index is 548. The van der Waals surface area contributed by atoms with E-state index in [-0.39, 0.29) is 0 Å². The molecule has 0 saturated carbocycles. The van der Waals surface area contributed by atoms with Gasteiger partial charge in [-0.25, -0.2) is 0 Å². The minimum atomic E-state index is 0.717. The molecule has 0 saturated heterocycles. The van der Waals surface area contributed by atoms with E-state index in [0.717, 1.165) is 30.1 Å². The zero-order valence-electron chi connectivity index (χ0n) is 12.5. The van der Waals surface area contributed by atoms with Gasteiger partial charge in [-0.2, -0.15) is 5.10 Å². The van der Waals surface area contributed by atoms with Gasteiger partial charge in [-0.1, -0.05) is 31.5 Å². The molecule has 108 valence electrons. The van der Waals surface area contributed by atoms with Crippen LogP contribution in [-0.2, 0) is 13.1 Å². The van der Waals surface area contributed by atoms with E-state index < -0.39 is 0 Å². The van der Waals surface area contributed by atoms with Crippen molar-refractivity contribution in [2.24, 2.45) is 0 Å². The molecule has 2 rings (SSSR count). The number of ether oxygens (including phenoxy) is 1. The summed E-state index contributed by atoms with van der Waals surface area (Å²) in [6.45, 7) is 5.99. The molecule has 0 unspecified atom stereocenters. The Morgan fingerprint density at radius 3 is 2.85 bits per heavy atom. The quantitative estimate of drug-likeness (QED) is 0.837. The zero-order chi connectivity index (χ0) is 14.4. The van der Waals surface area contributed by atoms with Gasteiger partial charge >= 0.3 is 0 Å². The zero-order valence-corrected chi connectivity index (χ0v) is 12.5. The summed E-state index contributed by atoms with van der Waals surface area (Å²) in [6.07, 6.45) is 2.34. The Balaban J connectivity index is 2.00. The molecule has 20 heavy (non-hydrogen) atoms. The van der Waals surface area contributed by atoms with E-state index in [4.69, 9.17) is 4.74 Å². The molecule has 0 aliphatic heterocycles. The van der Waals surface area contributed by atoms with E-state index in [0.29, 0.717) is 6.54 Å². The lowest BCUT2D eigenvalue weighted by molar-refractivity contribution is 0.410. The van der Waals surface area contributed by atoms with Crippen LogP contribution in [0.2, 0.25) is 0 Å². The molecule has 1 heterocycles. The van der Waals surface area contributed by atoms with Crippen molar-refractivity contribution in [2.45, 2.75) is 39.8 Å². The van der Waals surface area contributed by atoms with E-state index in [1.807, 2.05) is 18.2 Å². The molecule has 0 radical (unpaired) electrons. The Morgan fingerprint density at radius 1 is 1.30 bits per heavy atom. The Kier molecular flexibility index (Phi) is 5.04. The topological polar surface area (TPSA) is 39.1 Å². The smallest absolute Gasteiger partial charge is 0.148 e. The van der Waals surface area contributed by atoms with E-state index in [9.17, 15) is 0 Å². The first-order valence-corrected chi connectivity index (χ1v) is 7.14. The van der Waals surface area contributed by atoms with Gasteiger partial charge in [-0.05, 0) is 19.4 Å². The number of para-hydroxylation sites is 1. The largest absolute Gasteiger partial charge is 0.496 e. The number of nitrogens with zero attached hydrogens (tertiary/aromatic N) is 2. The Morgan fingerprint density at radius 2 is 2.10 bits per heavy atom. The maximum absolute atomic E-state index is 5.35. The summed E-state index contributed by atoms with van der Waals surface area (Å²) in [5.74, 6) is 1.83. The normalized spacial score (nSPS) is 10.6. The molecular formula is C16H23N3O. The van der Waals surface area contributed by atoms with Crippen molar-refractivity contribution in [3.8, 4) is 5.75 Å². The minimum Gasteiger partial charge on any atom is -0.496 e. The maximum Gasteiger partial charge on any atom is 0.148 e. The van der Waals surface area contributed by atoms with Gasteiger partial charge in [0.2, 0.25) is 0 Å². The van der Waals surface area contributed by atoms with E-state index in [1.165, 1.54) is 12.1 Å². The first-order valence-electron chi connectivity index (χ1n) is 7.14. The summed E-state index contributed by atoms with van der Waals surface area (Å²) in [5, 5.41) is 7.94. The van der Waals surface area contributed by atoms with Crippen LogP contribution in [0.4, 0.5) is 5.82 Å². The van der Waals surface area contributed by atoms with Gasteiger partial charge in [-0.15, -0.1) is 0 Å². The lowest BCUT2D eigenvalue weighted by Gasteiger charge is -2.08. The van der Waals surface area contributed by atoms with Crippen molar-refractivity contribution in [3.05, 3.63) is 41.6 Å². The van der Waals surface area contributed by atoms with Crippen LogP contribution in [0.5, 0.6) is 5.75 Å². The number of rotatable bonds is 7. The highest BCUT2D eigenvalue weighted by Gasteiger charge is 2.05. The van der Waals surface area contributed by atoms with Crippen LogP contribution in [0.25, 0.3) is 0 Å². The van der Waals surface area contributed by atoms with Crippen molar-refractivity contribution in [1.29, 1.82) is 0 Å². The second-order valence-corrected chi connectivity index (χ2v) is 4.91. The van der Waals surface area contributed by atoms with Crippen molar-refractivity contribution in [3.63, 3.8) is 0 Å². The standard InChI is InChI=1S/C16H23N3O/c1-4-5-10-19-13(2)11-16(18-19)17-12-14-8-6-7-9-15(14)20-3/h6-9,11H,4-5,10,12H2,1-3H3,(H,17,18). The van der Waals surface area contributed by atoms with Crippen LogP contribution in [0.3, 0.4) is 0 Å². The van der Waals surface area contributed by atoms with Gasteiger partial charge in [-0.3, -0.25) is 4.68 Å². The predicted molar refractivity (Wildman–Crippen MR) is 82.2 cm³/mol. The maximum atomic E-state index is 5.35. The lowest BCUT2D eigenvalue weighted by Crippen LogP contribution is -2.05. The molecule has 1 N–H and O–H groups in total.